The zero-order valence-electron chi connectivity index (χ0n) is 8.49. The highest BCUT2D eigenvalue weighted by atomic mass is 32.1. The summed E-state index contributed by atoms with van der Waals surface area (Å²) in [5.41, 5.74) is 6.13. The Labute approximate surface area is 92.7 Å². The molecule has 0 saturated heterocycles. The molecule has 4 nitrogen and oxygen atoms in total. The summed E-state index contributed by atoms with van der Waals surface area (Å²) in [5.74, 6) is -0.226. The summed E-state index contributed by atoms with van der Waals surface area (Å²) in [6.45, 7) is 1.97. The van der Waals surface area contributed by atoms with Gasteiger partial charge in [-0.15, -0.1) is 11.3 Å². The average molecular weight is 223 g/mol. The van der Waals surface area contributed by atoms with Crippen LogP contribution < -0.4 is 11.1 Å². The summed E-state index contributed by atoms with van der Waals surface area (Å²) < 4.78 is 0. The van der Waals surface area contributed by atoms with Crippen LogP contribution in [0.4, 0.5) is 5.00 Å². The number of hydrogen-bond donors (Lipinski definition) is 2. The molecule has 0 bridgehead atoms. The van der Waals surface area contributed by atoms with Crippen molar-refractivity contribution in [3.8, 4) is 6.07 Å². The molecule has 0 radical (unpaired) electrons. The minimum Gasteiger partial charge on any atom is -0.320 e. The van der Waals surface area contributed by atoms with E-state index in [4.69, 9.17) is 11.0 Å². The zero-order chi connectivity index (χ0) is 11.3. The molecule has 1 aromatic rings. The van der Waals surface area contributed by atoms with Crippen molar-refractivity contribution in [2.24, 2.45) is 5.73 Å². The van der Waals surface area contributed by atoms with Gasteiger partial charge in [0.05, 0.1) is 11.6 Å². The van der Waals surface area contributed by atoms with E-state index in [1.54, 1.807) is 11.4 Å². The molecule has 1 rings (SSSR count). The van der Waals surface area contributed by atoms with Crippen molar-refractivity contribution in [1.29, 1.82) is 5.26 Å². The van der Waals surface area contributed by atoms with Crippen molar-refractivity contribution in [3.05, 3.63) is 17.0 Å². The fraction of sp³-hybridized carbons (Fsp3) is 0.400. The maximum absolute atomic E-state index is 11.5. The van der Waals surface area contributed by atoms with E-state index in [0.29, 0.717) is 17.0 Å². The summed E-state index contributed by atoms with van der Waals surface area (Å²) >= 11 is 1.33. The highest BCUT2D eigenvalue weighted by Crippen LogP contribution is 2.22. The van der Waals surface area contributed by atoms with Crippen molar-refractivity contribution in [3.63, 3.8) is 0 Å². The van der Waals surface area contributed by atoms with Gasteiger partial charge in [-0.2, -0.15) is 5.26 Å². The van der Waals surface area contributed by atoms with Crippen LogP contribution in [0.2, 0.25) is 0 Å². The first kappa shape index (κ1) is 11.7. The maximum atomic E-state index is 11.5. The van der Waals surface area contributed by atoms with Gasteiger partial charge < -0.3 is 11.1 Å². The van der Waals surface area contributed by atoms with Gasteiger partial charge in [0.1, 0.15) is 11.1 Å². The molecule has 3 N–H and O–H groups in total. The SMILES string of the molecule is CCC[C@H](N)C(=O)Nc1sccc1C#N. The Morgan fingerprint density at radius 3 is 3.13 bits per heavy atom. The van der Waals surface area contributed by atoms with Crippen LogP contribution in [0.3, 0.4) is 0 Å². The molecule has 1 amide bonds. The number of nitrogens with two attached hydrogens (primary N) is 1. The summed E-state index contributed by atoms with van der Waals surface area (Å²) in [7, 11) is 0. The number of rotatable bonds is 4. The Hall–Kier alpha value is -1.38. The monoisotopic (exact) mass is 223 g/mol. The molecule has 0 aliphatic heterocycles. The number of nitrogens with zero attached hydrogens (tertiary/aromatic N) is 1. The third-order valence-electron chi connectivity index (χ3n) is 1.96. The molecule has 0 aliphatic rings. The molecule has 0 aliphatic carbocycles. The number of carbonyl (C=O) groups is 1. The van der Waals surface area contributed by atoms with E-state index >= 15 is 0 Å². The highest BCUT2D eigenvalue weighted by molar-refractivity contribution is 7.14. The largest absolute Gasteiger partial charge is 0.320 e. The lowest BCUT2D eigenvalue weighted by Crippen LogP contribution is -2.35. The lowest BCUT2D eigenvalue weighted by molar-refractivity contribution is -0.117. The third-order valence-corrected chi connectivity index (χ3v) is 2.79. The molecule has 0 saturated carbocycles. The molecule has 0 fully saturated rings. The molecular formula is C10H13N3OS. The van der Waals surface area contributed by atoms with Crippen LogP contribution in [0, 0.1) is 11.3 Å². The van der Waals surface area contributed by atoms with Gasteiger partial charge in [-0.05, 0) is 17.9 Å². The van der Waals surface area contributed by atoms with Gasteiger partial charge in [-0.1, -0.05) is 13.3 Å². The van der Waals surface area contributed by atoms with Gasteiger partial charge in [0.2, 0.25) is 5.91 Å². The quantitative estimate of drug-likeness (QED) is 0.815. The van der Waals surface area contributed by atoms with Gasteiger partial charge in [-0.3, -0.25) is 4.79 Å². The van der Waals surface area contributed by atoms with Gasteiger partial charge in [0.15, 0.2) is 0 Å². The maximum Gasteiger partial charge on any atom is 0.241 e. The average Bonchev–Trinajstić information content (AvgIpc) is 2.65. The molecule has 15 heavy (non-hydrogen) atoms. The van der Waals surface area contributed by atoms with Gasteiger partial charge in [-0.25, -0.2) is 0 Å². The second-order valence-corrected chi connectivity index (χ2v) is 4.08. The van der Waals surface area contributed by atoms with Gasteiger partial charge in [0, 0.05) is 0 Å². The topological polar surface area (TPSA) is 78.9 Å². The molecule has 1 heterocycles. The fourth-order valence-electron chi connectivity index (χ4n) is 1.14. The molecular weight excluding hydrogens is 210 g/mol. The summed E-state index contributed by atoms with van der Waals surface area (Å²) in [5, 5.41) is 13.7. The number of thiophene rings is 1. The summed E-state index contributed by atoms with van der Waals surface area (Å²) in [4.78, 5) is 11.5. The first-order valence-corrected chi connectivity index (χ1v) is 5.61. The number of anilines is 1. The smallest absolute Gasteiger partial charge is 0.241 e. The Morgan fingerprint density at radius 1 is 1.80 bits per heavy atom. The number of carbonyl (C=O) groups excluding carboxylic acids is 1. The van der Waals surface area contributed by atoms with Crippen molar-refractivity contribution in [2.75, 3.05) is 5.32 Å². The minimum atomic E-state index is -0.497. The van der Waals surface area contributed by atoms with E-state index in [9.17, 15) is 4.79 Å². The third kappa shape index (κ3) is 3.05. The van der Waals surface area contributed by atoms with E-state index in [1.807, 2.05) is 13.0 Å². The number of nitrogens with one attached hydrogen (secondary N) is 1. The lowest BCUT2D eigenvalue weighted by Gasteiger charge is -2.09. The van der Waals surface area contributed by atoms with Crippen molar-refractivity contribution >= 4 is 22.2 Å². The van der Waals surface area contributed by atoms with Crippen LogP contribution in [0.15, 0.2) is 11.4 Å². The van der Waals surface area contributed by atoms with Crippen LogP contribution in [-0.4, -0.2) is 11.9 Å². The molecule has 1 aromatic heterocycles. The molecule has 1 atom stereocenters. The predicted octanol–water partition coefficient (Wildman–Crippen LogP) is 1.69. The molecule has 80 valence electrons. The number of nitriles is 1. The van der Waals surface area contributed by atoms with Gasteiger partial charge in [0.25, 0.3) is 0 Å². The van der Waals surface area contributed by atoms with Crippen LogP contribution in [0.25, 0.3) is 0 Å². The van der Waals surface area contributed by atoms with Crippen LogP contribution in [0.1, 0.15) is 25.3 Å². The number of hydrogen-bond acceptors (Lipinski definition) is 4. The zero-order valence-corrected chi connectivity index (χ0v) is 9.30. The van der Waals surface area contributed by atoms with E-state index in [2.05, 4.69) is 5.32 Å². The fourth-order valence-corrected chi connectivity index (χ4v) is 1.88. The second kappa shape index (κ2) is 5.49. The second-order valence-electron chi connectivity index (χ2n) is 3.16. The van der Waals surface area contributed by atoms with Crippen molar-refractivity contribution in [1.82, 2.24) is 0 Å². The van der Waals surface area contributed by atoms with Crippen LogP contribution in [-0.2, 0) is 4.79 Å². The van der Waals surface area contributed by atoms with Crippen molar-refractivity contribution < 1.29 is 4.79 Å². The van der Waals surface area contributed by atoms with E-state index in [0.717, 1.165) is 6.42 Å². The minimum absolute atomic E-state index is 0.226. The lowest BCUT2D eigenvalue weighted by atomic mass is 10.2. The van der Waals surface area contributed by atoms with Crippen molar-refractivity contribution in [2.45, 2.75) is 25.8 Å². The van der Waals surface area contributed by atoms with E-state index in [1.165, 1.54) is 11.3 Å². The molecule has 0 unspecified atom stereocenters. The van der Waals surface area contributed by atoms with Crippen LogP contribution in [0.5, 0.6) is 0 Å². The highest BCUT2D eigenvalue weighted by Gasteiger charge is 2.14. The van der Waals surface area contributed by atoms with E-state index < -0.39 is 6.04 Å². The summed E-state index contributed by atoms with van der Waals surface area (Å²) in [6, 6.07) is 3.18. The Balaban J connectivity index is 2.63. The first-order chi connectivity index (χ1) is 7.19. The summed E-state index contributed by atoms with van der Waals surface area (Å²) in [6.07, 6.45) is 1.52. The molecule has 0 spiro atoms. The molecule has 5 heteroatoms. The predicted molar refractivity (Wildman–Crippen MR) is 60.5 cm³/mol. The Kier molecular flexibility index (Phi) is 4.28. The standard InChI is InChI=1S/C10H13N3OS/c1-2-3-8(12)9(14)13-10-7(6-11)4-5-15-10/h4-5,8H,2-3,12H2,1H3,(H,13,14)/t8-/m0/s1. The van der Waals surface area contributed by atoms with E-state index in [-0.39, 0.29) is 5.91 Å². The Bertz CT molecular complexity index is 380. The normalized spacial score (nSPS) is 11.8. The molecule has 0 aromatic carbocycles. The Morgan fingerprint density at radius 2 is 2.53 bits per heavy atom. The number of amides is 1. The van der Waals surface area contributed by atoms with Crippen LogP contribution >= 0.6 is 11.3 Å². The van der Waals surface area contributed by atoms with Gasteiger partial charge >= 0.3 is 0 Å². The first-order valence-electron chi connectivity index (χ1n) is 4.73.